The van der Waals surface area contributed by atoms with Crippen molar-refractivity contribution in [3.8, 4) is 0 Å². The van der Waals surface area contributed by atoms with E-state index in [0.717, 1.165) is 55.8 Å². The molecule has 0 aliphatic carbocycles. The summed E-state index contributed by atoms with van der Waals surface area (Å²) >= 11 is 0. The lowest BCUT2D eigenvalue weighted by Gasteiger charge is -2.36. The Morgan fingerprint density at radius 2 is 1.75 bits per heavy atom. The van der Waals surface area contributed by atoms with Crippen molar-refractivity contribution >= 4 is 11.6 Å². The van der Waals surface area contributed by atoms with Gasteiger partial charge in [0.05, 0.1) is 5.56 Å². The number of likely N-dealkylation sites (N-methyl/N-ethyl adjacent to an activating group) is 1. The van der Waals surface area contributed by atoms with Gasteiger partial charge in [-0.25, -0.2) is 4.39 Å². The Morgan fingerprint density at radius 1 is 1.03 bits per heavy atom. The molecule has 5 nitrogen and oxygen atoms in total. The zero-order chi connectivity index (χ0) is 23.1. The smallest absolute Gasteiger partial charge is 0.256 e. The quantitative estimate of drug-likeness (QED) is 0.593. The van der Waals surface area contributed by atoms with Crippen LogP contribution in [0.5, 0.6) is 0 Å². The van der Waals surface area contributed by atoms with Crippen LogP contribution in [0.4, 0.5) is 10.1 Å². The Bertz CT molecular complexity index is 886. The van der Waals surface area contributed by atoms with E-state index in [4.69, 9.17) is 0 Å². The average Bonchev–Trinajstić information content (AvgIpc) is 2.78. The zero-order valence-corrected chi connectivity index (χ0v) is 19.9. The number of carbonyl (C=O) groups is 1. The third-order valence-electron chi connectivity index (χ3n) is 6.15. The van der Waals surface area contributed by atoms with Gasteiger partial charge in [-0.15, -0.1) is 0 Å². The molecule has 1 atom stereocenters. The summed E-state index contributed by atoms with van der Waals surface area (Å²) in [5, 5.41) is 0. The molecule has 2 aromatic rings. The van der Waals surface area contributed by atoms with Gasteiger partial charge in [0.2, 0.25) is 0 Å². The molecular weight excluding hydrogens is 403 g/mol. The number of amides is 1. The van der Waals surface area contributed by atoms with E-state index in [9.17, 15) is 9.18 Å². The Labute approximate surface area is 192 Å². The summed E-state index contributed by atoms with van der Waals surface area (Å²) in [5.74, 6) is 0.327. The molecule has 0 N–H and O–H groups in total. The van der Waals surface area contributed by atoms with Crippen LogP contribution in [-0.4, -0.2) is 81.5 Å². The highest BCUT2D eigenvalue weighted by Gasteiger charge is 2.26. The fraction of sp³-hybridized carbons (Fsp3) is 0.500. The summed E-state index contributed by atoms with van der Waals surface area (Å²) in [4.78, 5) is 22.0. The van der Waals surface area contributed by atoms with E-state index in [1.54, 1.807) is 6.07 Å². The monoisotopic (exact) mass is 440 g/mol. The van der Waals surface area contributed by atoms with Gasteiger partial charge in [0.1, 0.15) is 5.82 Å². The van der Waals surface area contributed by atoms with Crippen molar-refractivity contribution in [2.75, 3.05) is 65.8 Å². The Hall–Kier alpha value is -2.44. The normalized spacial score (nSPS) is 16.9. The van der Waals surface area contributed by atoms with E-state index in [-0.39, 0.29) is 11.7 Å². The van der Waals surface area contributed by atoms with Crippen LogP contribution in [0.3, 0.4) is 0 Å². The van der Waals surface area contributed by atoms with E-state index >= 15 is 0 Å². The van der Waals surface area contributed by atoms with E-state index in [1.165, 1.54) is 6.07 Å². The molecule has 1 heterocycles. The van der Waals surface area contributed by atoms with Gasteiger partial charge >= 0.3 is 0 Å². The van der Waals surface area contributed by atoms with Gasteiger partial charge in [0.15, 0.2) is 0 Å². The highest BCUT2D eigenvalue weighted by atomic mass is 19.1. The number of hydrogen-bond acceptors (Lipinski definition) is 4. The van der Waals surface area contributed by atoms with Crippen molar-refractivity contribution in [3.63, 3.8) is 0 Å². The average molecular weight is 441 g/mol. The van der Waals surface area contributed by atoms with Crippen LogP contribution in [0.2, 0.25) is 0 Å². The van der Waals surface area contributed by atoms with Crippen molar-refractivity contribution in [1.82, 2.24) is 14.7 Å². The van der Waals surface area contributed by atoms with Gasteiger partial charge in [-0.2, -0.15) is 0 Å². The van der Waals surface area contributed by atoms with Gasteiger partial charge < -0.3 is 14.7 Å². The van der Waals surface area contributed by atoms with Crippen LogP contribution < -0.4 is 4.90 Å². The number of anilines is 1. The predicted molar refractivity (Wildman–Crippen MR) is 130 cm³/mol. The molecule has 174 valence electrons. The SMILES string of the molecule is CN(C)CCN(C[C@H]1CCCN(Cc2ccccc2F)C1)C(=O)c1ccccc1N(C)C. The number of nitrogens with zero attached hydrogens (tertiary/aromatic N) is 4. The number of rotatable bonds is 9. The lowest BCUT2D eigenvalue weighted by molar-refractivity contribution is 0.0660. The van der Waals surface area contributed by atoms with Crippen LogP contribution in [0.15, 0.2) is 48.5 Å². The van der Waals surface area contributed by atoms with Crippen molar-refractivity contribution < 1.29 is 9.18 Å². The fourth-order valence-corrected chi connectivity index (χ4v) is 4.43. The number of piperidine rings is 1. The molecule has 3 rings (SSSR count). The van der Waals surface area contributed by atoms with Crippen LogP contribution >= 0.6 is 0 Å². The molecule has 1 saturated heterocycles. The molecule has 0 aromatic heterocycles. The lowest BCUT2D eigenvalue weighted by Crippen LogP contribution is -2.44. The van der Waals surface area contributed by atoms with Crippen molar-refractivity contribution in [2.45, 2.75) is 19.4 Å². The van der Waals surface area contributed by atoms with E-state index in [1.807, 2.05) is 74.4 Å². The molecule has 0 unspecified atom stereocenters. The van der Waals surface area contributed by atoms with Gasteiger partial charge in [-0.3, -0.25) is 9.69 Å². The molecule has 1 aliphatic rings. The summed E-state index contributed by atoms with van der Waals surface area (Å²) in [6.45, 7) is 4.72. The van der Waals surface area contributed by atoms with Gasteiger partial charge in [-0.1, -0.05) is 30.3 Å². The lowest BCUT2D eigenvalue weighted by atomic mass is 9.96. The summed E-state index contributed by atoms with van der Waals surface area (Å²) in [5.41, 5.74) is 2.43. The highest BCUT2D eigenvalue weighted by molar-refractivity contribution is 5.99. The molecule has 32 heavy (non-hydrogen) atoms. The standard InChI is InChI=1S/C26H37FN4O/c1-28(2)16-17-31(26(32)23-12-6-8-14-25(23)29(3)4)19-21-10-9-15-30(18-21)20-22-11-5-7-13-24(22)27/h5-8,11-14,21H,9-10,15-20H2,1-4H3/t21-/m0/s1. The molecule has 0 saturated carbocycles. The molecule has 0 radical (unpaired) electrons. The summed E-state index contributed by atoms with van der Waals surface area (Å²) in [7, 11) is 8.01. The maximum Gasteiger partial charge on any atom is 0.256 e. The number of likely N-dealkylation sites (tertiary alicyclic amines) is 1. The molecule has 6 heteroatoms. The molecular formula is C26H37FN4O. The second-order valence-electron chi connectivity index (χ2n) is 9.30. The molecule has 0 spiro atoms. The molecule has 1 aliphatic heterocycles. The molecule has 1 fully saturated rings. The first-order valence-corrected chi connectivity index (χ1v) is 11.5. The van der Waals surface area contributed by atoms with Crippen LogP contribution in [0.25, 0.3) is 0 Å². The number of hydrogen-bond donors (Lipinski definition) is 0. The molecule has 2 aromatic carbocycles. The third kappa shape index (κ3) is 6.53. The summed E-state index contributed by atoms with van der Waals surface area (Å²) in [6.07, 6.45) is 2.16. The number of benzene rings is 2. The first-order chi connectivity index (χ1) is 15.3. The summed E-state index contributed by atoms with van der Waals surface area (Å²) < 4.78 is 14.1. The predicted octanol–water partition coefficient (Wildman–Crippen LogP) is 3.81. The summed E-state index contributed by atoms with van der Waals surface area (Å²) in [6, 6.07) is 14.8. The second-order valence-corrected chi connectivity index (χ2v) is 9.30. The number of halogens is 1. The first-order valence-electron chi connectivity index (χ1n) is 11.5. The largest absolute Gasteiger partial charge is 0.377 e. The Kier molecular flexibility index (Phi) is 8.65. The van der Waals surface area contributed by atoms with E-state index in [0.29, 0.717) is 19.0 Å². The highest BCUT2D eigenvalue weighted by Crippen LogP contribution is 2.24. The topological polar surface area (TPSA) is 30.0 Å². The van der Waals surface area contributed by atoms with E-state index in [2.05, 4.69) is 9.80 Å². The number of para-hydroxylation sites is 1. The van der Waals surface area contributed by atoms with E-state index < -0.39 is 0 Å². The fourth-order valence-electron chi connectivity index (χ4n) is 4.43. The zero-order valence-electron chi connectivity index (χ0n) is 19.9. The van der Waals surface area contributed by atoms with Crippen molar-refractivity contribution in [3.05, 3.63) is 65.5 Å². The van der Waals surface area contributed by atoms with Crippen LogP contribution in [-0.2, 0) is 6.54 Å². The van der Waals surface area contributed by atoms with Gasteiger partial charge in [0.25, 0.3) is 5.91 Å². The molecule has 1 amide bonds. The molecule has 0 bridgehead atoms. The minimum absolute atomic E-state index is 0.0855. The van der Waals surface area contributed by atoms with Crippen LogP contribution in [0.1, 0.15) is 28.8 Å². The Morgan fingerprint density at radius 3 is 2.47 bits per heavy atom. The van der Waals surface area contributed by atoms with Gasteiger partial charge in [0, 0.05) is 58.1 Å². The van der Waals surface area contributed by atoms with Crippen molar-refractivity contribution in [1.29, 1.82) is 0 Å². The first kappa shape index (κ1) is 24.2. The minimum Gasteiger partial charge on any atom is -0.377 e. The third-order valence-corrected chi connectivity index (χ3v) is 6.15. The Balaban J connectivity index is 1.72. The van der Waals surface area contributed by atoms with Crippen LogP contribution in [0, 0.1) is 11.7 Å². The maximum atomic E-state index is 14.1. The maximum absolute atomic E-state index is 14.1. The van der Waals surface area contributed by atoms with Gasteiger partial charge in [-0.05, 0) is 57.6 Å². The number of carbonyl (C=O) groups excluding carboxylic acids is 1. The second kappa shape index (κ2) is 11.4. The van der Waals surface area contributed by atoms with Crippen molar-refractivity contribution in [2.24, 2.45) is 5.92 Å². The minimum atomic E-state index is -0.141.